The van der Waals surface area contributed by atoms with Crippen molar-refractivity contribution in [3.05, 3.63) is 94.5 Å². The van der Waals surface area contributed by atoms with Crippen LogP contribution < -0.4 is 5.32 Å². The lowest BCUT2D eigenvalue weighted by atomic mass is 10.1. The molecule has 4 heteroatoms. The number of halogens is 1. The highest BCUT2D eigenvalue weighted by Crippen LogP contribution is 2.23. The highest BCUT2D eigenvalue weighted by molar-refractivity contribution is 7.98. The zero-order chi connectivity index (χ0) is 17.6. The number of nitrogens with one attached hydrogen (secondary N) is 1. The molecule has 3 aromatic carbocycles. The summed E-state index contributed by atoms with van der Waals surface area (Å²) in [5.41, 5.74) is 3.55. The van der Waals surface area contributed by atoms with E-state index in [4.69, 9.17) is 11.6 Å². The average Bonchev–Trinajstić information content (AvgIpc) is 2.63. The van der Waals surface area contributed by atoms with Crippen LogP contribution in [0.3, 0.4) is 0 Å². The van der Waals surface area contributed by atoms with E-state index < -0.39 is 0 Å². The Morgan fingerprint density at radius 3 is 2.40 bits per heavy atom. The van der Waals surface area contributed by atoms with Gasteiger partial charge in [-0.25, -0.2) is 0 Å². The van der Waals surface area contributed by atoms with Gasteiger partial charge in [0.2, 0.25) is 0 Å². The van der Waals surface area contributed by atoms with E-state index in [1.807, 2.05) is 61.5 Å². The molecule has 0 atom stereocenters. The first-order valence-electron chi connectivity index (χ1n) is 7.96. The fourth-order valence-corrected chi connectivity index (χ4v) is 3.50. The molecular formula is C21H18ClNOS. The molecule has 0 aliphatic rings. The van der Waals surface area contributed by atoms with E-state index in [0.717, 1.165) is 17.0 Å². The van der Waals surface area contributed by atoms with Crippen LogP contribution in [0.15, 0.2) is 77.7 Å². The summed E-state index contributed by atoms with van der Waals surface area (Å²) in [7, 11) is 0. The lowest BCUT2D eigenvalue weighted by Crippen LogP contribution is -2.12. The van der Waals surface area contributed by atoms with Crippen molar-refractivity contribution in [1.82, 2.24) is 0 Å². The number of benzene rings is 3. The maximum atomic E-state index is 12.4. The van der Waals surface area contributed by atoms with Crippen LogP contribution in [0.4, 0.5) is 5.69 Å². The summed E-state index contributed by atoms with van der Waals surface area (Å²) in [5.74, 6) is 0.759. The van der Waals surface area contributed by atoms with Crippen molar-refractivity contribution in [3.63, 3.8) is 0 Å². The molecule has 1 N–H and O–H groups in total. The van der Waals surface area contributed by atoms with Crippen LogP contribution in [0.25, 0.3) is 0 Å². The van der Waals surface area contributed by atoms with Crippen molar-refractivity contribution in [2.75, 3.05) is 5.32 Å². The Hall–Kier alpha value is -2.23. The number of anilines is 1. The Morgan fingerprint density at radius 1 is 1.00 bits per heavy atom. The van der Waals surface area contributed by atoms with E-state index in [-0.39, 0.29) is 5.91 Å². The molecule has 3 aromatic rings. The highest BCUT2D eigenvalue weighted by atomic mass is 35.5. The first-order chi connectivity index (χ1) is 12.1. The predicted molar refractivity (Wildman–Crippen MR) is 107 cm³/mol. The molecular weight excluding hydrogens is 350 g/mol. The SMILES string of the molecule is Cc1cc(Cl)ccc1NC(=O)c1ccc(CSc2ccccc2)cc1. The molecule has 0 spiro atoms. The molecule has 2 nitrogen and oxygen atoms in total. The second-order valence-electron chi connectivity index (χ2n) is 5.71. The third kappa shape index (κ3) is 4.88. The topological polar surface area (TPSA) is 29.1 Å². The highest BCUT2D eigenvalue weighted by Gasteiger charge is 2.08. The molecule has 0 heterocycles. The van der Waals surface area contributed by atoms with Crippen LogP contribution in [-0.4, -0.2) is 5.91 Å². The number of hydrogen-bond acceptors (Lipinski definition) is 2. The molecule has 126 valence electrons. The lowest BCUT2D eigenvalue weighted by Gasteiger charge is -2.09. The Bertz CT molecular complexity index is 863. The molecule has 0 radical (unpaired) electrons. The second-order valence-corrected chi connectivity index (χ2v) is 7.20. The van der Waals surface area contributed by atoms with Gasteiger partial charge in [-0.15, -0.1) is 11.8 Å². The lowest BCUT2D eigenvalue weighted by molar-refractivity contribution is 0.102. The van der Waals surface area contributed by atoms with Gasteiger partial charge in [0.25, 0.3) is 5.91 Å². The number of rotatable bonds is 5. The third-order valence-electron chi connectivity index (χ3n) is 3.80. The van der Waals surface area contributed by atoms with Crippen LogP contribution in [0.2, 0.25) is 5.02 Å². The standard InChI is InChI=1S/C21H18ClNOS/c1-15-13-18(22)11-12-20(15)23-21(24)17-9-7-16(8-10-17)14-25-19-5-3-2-4-6-19/h2-13H,14H2,1H3,(H,23,24). The predicted octanol–water partition coefficient (Wildman–Crippen LogP) is 6.19. The van der Waals surface area contributed by atoms with Crippen LogP contribution in [0.5, 0.6) is 0 Å². The first-order valence-corrected chi connectivity index (χ1v) is 9.32. The van der Waals surface area contributed by atoms with Gasteiger partial charge in [0.1, 0.15) is 0 Å². The second kappa shape index (κ2) is 8.24. The van der Waals surface area contributed by atoms with E-state index >= 15 is 0 Å². The summed E-state index contributed by atoms with van der Waals surface area (Å²) in [5, 5.41) is 3.59. The number of carbonyl (C=O) groups is 1. The number of thioether (sulfide) groups is 1. The molecule has 0 aliphatic carbocycles. The van der Waals surface area contributed by atoms with Gasteiger partial charge in [-0.2, -0.15) is 0 Å². The summed E-state index contributed by atoms with van der Waals surface area (Å²) < 4.78 is 0. The molecule has 0 bridgehead atoms. The molecule has 0 unspecified atom stereocenters. The third-order valence-corrected chi connectivity index (χ3v) is 5.12. The molecule has 1 amide bonds. The number of aryl methyl sites for hydroxylation is 1. The van der Waals surface area contributed by atoms with E-state index in [2.05, 4.69) is 17.4 Å². The quantitative estimate of drug-likeness (QED) is 0.544. The smallest absolute Gasteiger partial charge is 0.255 e. The van der Waals surface area contributed by atoms with E-state index in [9.17, 15) is 4.79 Å². The Balaban J connectivity index is 1.62. The molecule has 25 heavy (non-hydrogen) atoms. The first kappa shape index (κ1) is 17.6. The number of carbonyl (C=O) groups excluding carboxylic acids is 1. The van der Waals surface area contributed by atoms with Crippen LogP contribution >= 0.6 is 23.4 Å². The van der Waals surface area contributed by atoms with Gasteiger partial charge in [-0.05, 0) is 60.5 Å². The Kier molecular flexibility index (Phi) is 5.79. The van der Waals surface area contributed by atoms with Gasteiger partial charge >= 0.3 is 0 Å². The molecule has 0 saturated heterocycles. The van der Waals surface area contributed by atoms with Gasteiger partial charge in [-0.3, -0.25) is 4.79 Å². The van der Waals surface area contributed by atoms with Gasteiger partial charge in [-0.1, -0.05) is 41.9 Å². The van der Waals surface area contributed by atoms with Crippen molar-refractivity contribution in [3.8, 4) is 0 Å². The van der Waals surface area contributed by atoms with E-state index in [1.165, 1.54) is 10.5 Å². The van der Waals surface area contributed by atoms with Crippen molar-refractivity contribution >= 4 is 35.0 Å². The van der Waals surface area contributed by atoms with E-state index in [0.29, 0.717) is 10.6 Å². The van der Waals surface area contributed by atoms with Gasteiger partial charge in [0.05, 0.1) is 0 Å². The van der Waals surface area contributed by atoms with Gasteiger partial charge in [0, 0.05) is 26.9 Å². The molecule has 3 rings (SSSR count). The maximum absolute atomic E-state index is 12.4. The van der Waals surface area contributed by atoms with Crippen LogP contribution in [0, 0.1) is 6.92 Å². The largest absolute Gasteiger partial charge is 0.322 e. The average molecular weight is 368 g/mol. The number of hydrogen-bond donors (Lipinski definition) is 1. The zero-order valence-electron chi connectivity index (χ0n) is 13.8. The van der Waals surface area contributed by atoms with Gasteiger partial charge in [0.15, 0.2) is 0 Å². The van der Waals surface area contributed by atoms with Crippen molar-refractivity contribution in [2.24, 2.45) is 0 Å². The maximum Gasteiger partial charge on any atom is 0.255 e. The molecule has 0 aromatic heterocycles. The van der Waals surface area contributed by atoms with E-state index in [1.54, 1.807) is 17.8 Å². The summed E-state index contributed by atoms with van der Waals surface area (Å²) in [6, 6.07) is 23.4. The van der Waals surface area contributed by atoms with Gasteiger partial charge < -0.3 is 5.32 Å². The van der Waals surface area contributed by atoms with Crippen molar-refractivity contribution < 1.29 is 4.79 Å². The Labute approximate surface area is 157 Å². The summed E-state index contributed by atoms with van der Waals surface area (Å²) in [6.45, 7) is 1.92. The normalized spacial score (nSPS) is 10.5. The molecule has 0 fully saturated rings. The zero-order valence-corrected chi connectivity index (χ0v) is 15.4. The van der Waals surface area contributed by atoms with Crippen molar-refractivity contribution in [1.29, 1.82) is 0 Å². The minimum Gasteiger partial charge on any atom is -0.322 e. The monoisotopic (exact) mass is 367 g/mol. The summed E-state index contributed by atoms with van der Waals surface area (Å²) in [4.78, 5) is 13.6. The fourth-order valence-electron chi connectivity index (χ4n) is 2.40. The summed E-state index contributed by atoms with van der Waals surface area (Å²) >= 11 is 7.73. The van der Waals surface area contributed by atoms with Crippen LogP contribution in [-0.2, 0) is 5.75 Å². The molecule has 0 saturated carbocycles. The number of amides is 1. The van der Waals surface area contributed by atoms with Crippen molar-refractivity contribution in [2.45, 2.75) is 17.6 Å². The molecule has 0 aliphatic heterocycles. The minimum atomic E-state index is -0.118. The Morgan fingerprint density at radius 2 is 1.72 bits per heavy atom. The summed E-state index contributed by atoms with van der Waals surface area (Å²) in [6.07, 6.45) is 0. The minimum absolute atomic E-state index is 0.118. The fraction of sp³-hybridized carbons (Fsp3) is 0.0952. The van der Waals surface area contributed by atoms with Crippen LogP contribution in [0.1, 0.15) is 21.5 Å².